The largest absolute Gasteiger partial charge is 0.497 e. The number of hydrogen-bond donors (Lipinski definition) is 2. The van der Waals surface area contributed by atoms with Crippen molar-refractivity contribution >= 4 is 23.0 Å². The van der Waals surface area contributed by atoms with Crippen molar-refractivity contribution in [1.82, 2.24) is 10.3 Å². The van der Waals surface area contributed by atoms with Crippen LogP contribution < -0.4 is 10.1 Å². The third-order valence-electron chi connectivity index (χ3n) is 4.43. The average Bonchev–Trinajstić information content (AvgIpc) is 3.07. The van der Waals surface area contributed by atoms with Gasteiger partial charge in [-0.25, -0.2) is 0 Å². The predicted octanol–water partition coefficient (Wildman–Crippen LogP) is 4.31. The zero-order valence-electron chi connectivity index (χ0n) is 17.2. The summed E-state index contributed by atoms with van der Waals surface area (Å²) in [5, 5.41) is 3.94. The highest BCUT2D eigenvalue weighted by molar-refractivity contribution is 6.01. The lowest BCUT2D eigenvalue weighted by atomic mass is 10.1. The molecule has 0 saturated carbocycles. The molecule has 2 aromatic carbocycles. The van der Waals surface area contributed by atoms with Crippen LogP contribution in [0.4, 0.5) is 0 Å². The number of H-pyrrole nitrogens is 1. The fourth-order valence-electron chi connectivity index (χ4n) is 3.01. The number of hydrogen-bond acceptors (Lipinski definition) is 3. The molecule has 1 amide bonds. The lowest BCUT2D eigenvalue weighted by Gasteiger charge is -2.07. The highest BCUT2D eigenvalue weighted by Gasteiger charge is 2.12. The van der Waals surface area contributed by atoms with Gasteiger partial charge in [0, 0.05) is 35.3 Å². The highest BCUT2D eigenvalue weighted by atomic mass is 16.5. The number of amides is 1. The van der Waals surface area contributed by atoms with E-state index in [-0.39, 0.29) is 11.9 Å². The number of carbonyl (C=O) groups is 1. The Balaban J connectivity index is 1.84. The third kappa shape index (κ3) is 4.85. The first-order valence-electron chi connectivity index (χ1n) is 9.54. The first-order chi connectivity index (χ1) is 14.0. The Kier molecular flexibility index (Phi) is 6.36. The van der Waals surface area contributed by atoms with Gasteiger partial charge >= 0.3 is 0 Å². The van der Waals surface area contributed by atoms with Crippen molar-refractivity contribution in [2.24, 2.45) is 4.99 Å². The van der Waals surface area contributed by atoms with Gasteiger partial charge in [-0.15, -0.1) is 5.92 Å². The molecule has 3 aromatic rings. The summed E-state index contributed by atoms with van der Waals surface area (Å²) in [6.45, 7) is 6.28. The molecule has 0 atom stereocenters. The van der Waals surface area contributed by atoms with Crippen LogP contribution in [-0.2, 0) is 6.54 Å². The maximum Gasteiger partial charge on any atom is 0.251 e. The van der Waals surface area contributed by atoms with Gasteiger partial charge < -0.3 is 15.0 Å². The van der Waals surface area contributed by atoms with Crippen LogP contribution in [0.25, 0.3) is 10.9 Å². The Hall–Kier alpha value is -3.52. The van der Waals surface area contributed by atoms with Crippen LogP contribution in [-0.4, -0.2) is 30.3 Å². The molecule has 1 heterocycles. The van der Waals surface area contributed by atoms with E-state index in [4.69, 9.17) is 4.74 Å². The maximum absolute atomic E-state index is 12.6. The summed E-state index contributed by atoms with van der Waals surface area (Å²) in [6, 6.07) is 13.4. The van der Waals surface area contributed by atoms with Crippen molar-refractivity contribution in [1.29, 1.82) is 0 Å². The standard InChI is InChI=1S/C24H25N3O2/c1-5-7-20-21-11-10-18(13-22(21)27-23(20)15-25-16(2)3)24(28)26-14-17-8-6-9-19(12-17)29-4/h6,8-13,15-16,27H,14H2,1-4H3,(H,26,28)/b25-15-. The number of aliphatic imine (C=N–C) groups is 1. The first kappa shape index (κ1) is 20.2. The van der Waals surface area contributed by atoms with Crippen LogP contribution in [0.3, 0.4) is 0 Å². The second-order valence-electron chi connectivity index (χ2n) is 6.96. The topological polar surface area (TPSA) is 66.5 Å². The molecular formula is C24H25N3O2. The quantitative estimate of drug-likeness (QED) is 0.489. The Morgan fingerprint density at radius 2 is 2.10 bits per heavy atom. The number of aromatic amines is 1. The molecule has 0 unspecified atom stereocenters. The van der Waals surface area contributed by atoms with Crippen LogP contribution in [0.2, 0.25) is 0 Å². The van der Waals surface area contributed by atoms with Gasteiger partial charge in [0.15, 0.2) is 0 Å². The van der Waals surface area contributed by atoms with E-state index in [9.17, 15) is 4.79 Å². The molecule has 0 radical (unpaired) electrons. The van der Waals surface area contributed by atoms with Crippen molar-refractivity contribution in [2.45, 2.75) is 33.4 Å². The number of nitrogens with zero attached hydrogens (tertiary/aromatic N) is 1. The zero-order valence-corrected chi connectivity index (χ0v) is 17.2. The first-order valence-corrected chi connectivity index (χ1v) is 9.54. The van der Waals surface area contributed by atoms with E-state index in [1.165, 1.54) is 0 Å². The van der Waals surface area contributed by atoms with E-state index in [0.29, 0.717) is 12.1 Å². The lowest BCUT2D eigenvalue weighted by Crippen LogP contribution is -2.22. The summed E-state index contributed by atoms with van der Waals surface area (Å²) < 4.78 is 5.22. The Bertz CT molecular complexity index is 1110. The Morgan fingerprint density at radius 1 is 1.28 bits per heavy atom. The SMILES string of the molecule is CC#Cc1c(/C=N\C(C)C)[nH]c2cc(C(=O)NCc3cccc(OC)c3)ccc12. The highest BCUT2D eigenvalue weighted by Crippen LogP contribution is 2.22. The molecule has 1 aromatic heterocycles. The molecule has 0 spiro atoms. The number of benzene rings is 2. The summed E-state index contributed by atoms with van der Waals surface area (Å²) in [7, 11) is 1.63. The summed E-state index contributed by atoms with van der Waals surface area (Å²) in [6.07, 6.45) is 1.81. The summed E-state index contributed by atoms with van der Waals surface area (Å²) in [4.78, 5) is 20.4. The smallest absolute Gasteiger partial charge is 0.251 e. The number of fused-ring (bicyclic) bond motifs is 1. The van der Waals surface area contributed by atoms with E-state index in [1.54, 1.807) is 7.11 Å². The molecule has 2 N–H and O–H groups in total. The number of nitrogens with one attached hydrogen (secondary N) is 2. The maximum atomic E-state index is 12.6. The molecule has 5 nitrogen and oxygen atoms in total. The Labute approximate surface area is 171 Å². The minimum absolute atomic E-state index is 0.134. The number of ether oxygens (including phenoxy) is 1. The molecule has 0 aliphatic rings. The molecular weight excluding hydrogens is 362 g/mol. The second kappa shape index (κ2) is 9.11. The van der Waals surface area contributed by atoms with Crippen molar-refractivity contribution in [2.75, 3.05) is 7.11 Å². The summed E-state index contributed by atoms with van der Waals surface area (Å²) >= 11 is 0. The van der Waals surface area contributed by atoms with E-state index in [1.807, 2.05) is 69.5 Å². The van der Waals surface area contributed by atoms with Crippen LogP contribution in [0, 0.1) is 11.8 Å². The molecule has 0 saturated heterocycles. The van der Waals surface area contributed by atoms with E-state index in [2.05, 4.69) is 27.1 Å². The molecule has 29 heavy (non-hydrogen) atoms. The fraction of sp³-hybridized carbons (Fsp3) is 0.250. The molecule has 0 bridgehead atoms. The minimum atomic E-state index is -0.134. The predicted molar refractivity (Wildman–Crippen MR) is 118 cm³/mol. The fourth-order valence-corrected chi connectivity index (χ4v) is 3.01. The van der Waals surface area contributed by atoms with Gasteiger partial charge in [0.05, 0.1) is 18.4 Å². The van der Waals surface area contributed by atoms with Gasteiger partial charge in [-0.3, -0.25) is 9.79 Å². The van der Waals surface area contributed by atoms with Crippen molar-refractivity contribution in [3.8, 4) is 17.6 Å². The molecule has 3 rings (SSSR count). The number of carbonyl (C=O) groups excluding carboxylic acids is 1. The van der Waals surface area contributed by atoms with Crippen LogP contribution in [0.1, 0.15) is 48.0 Å². The molecule has 5 heteroatoms. The van der Waals surface area contributed by atoms with Crippen molar-refractivity contribution in [3.63, 3.8) is 0 Å². The number of methoxy groups -OCH3 is 1. The van der Waals surface area contributed by atoms with Gasteiger partial charge in [-0.2, -0.15) is 0 Å². The van der Waals surface area contributed by atoms with Gasteiger partial charge in [0.25, 0.3) is 5.91 Å². The van der Waals surface area contributed by atoms with Crippen LogP contribution in [0.5, 0.6) is 5.75 Å². The minimum Gasteiger partial charge on any atom is -0.497 e. The summed E-state index contributed by atoms with van der Waals surface area (Å²) in [5.74, 6) is 6.73. The zero-order chi connectivity index (χ0) is 20.8. The van der Waals surface area contributed by atoms with E-state index in [0.717, 1.165) is 33.5 Å². The van der Waals surface area contributed by atoms with Gasteiger partial charge in [-0.1, -0.05) is 24.1 Å². The normalized spacial score (nSPS) is 10.9. The van der Waals surface area contributed by atoms with Gasteiger partial charge in [-0.05, 0) is 50.6 Å². The lowest BCUT2D eigenvalue weighted by molar-refractivity contribution is 0.0951. The Morgan fingerprint density at radius 3 is 2.83 bits per heavy atom. The molecule has 0 aliphatic heterocycles. The molecule has 148 valence electrons. The molecule has 0 fully saturated rings. The van der Waals surface area contributed by atoms with Gasteiger partial charge in [0.1, 0.15) is 5.75 Å². The van der Waals surface area contributed by atoms with E-state index >= 15 is 0 Å². The van der Waals surface area contributed by atoms with Gasteiger partial charge in [0.2, 0.25) is 0 Å². The van der Waals surface area contributed by atoms with E-state index < -0.39 is 0 Å². The number of rotatable bonds is 6. The monoisotopic (exact) mass is 387 g/mol. The van der Waals surface area contributed by atoms with Crippen LogP contribution in [0.15, 0.2) is 47.5 Å². The molecule has 0 aliphatic carbocycles. The number of aromatic nitrogens is 1. The second-order valence-corrected chi connectivity index (χ2v) is 6.96. The summed E-state index contributed by atoms with van der Waals surface area (Å²) in [5.41, 5.74) is 4.19. The average molecular weight is 387 g/mol. The van der Waals surface area contributed by atoms with Crippen molar-refractivity contribution < 1.29 is 9.53 Å². The third-order valence-corrected chi connectivity index (χ3v) is 4.43. The van der Waals surface area contributed by atoms with Crippen LogP contribution >= 0.6 is 0 Å². The van der Waals surface area contributed by atoms with Crippen molar-refractivity contribution in [3.05, 3.63) is 64.8 Å².